The molecule has 0 fully saturated rings. The average molecular weight is 823 g/mol. The summed E-state index contributed by atoms with van der Waals surface area (Å²) in [6.07, 6.45) is 9.52. The molecule has 62 heavy (non-hydrogen) atoms. The Morgan fingerprint density at radius 2 is 1.02 bits per heavy atom. The molecule has 0 amide bonds. The summed E-state index contributed by atoms with van der Waals surface area (Å²) in [6.45, 7) is 14.4. The normalized spacial score (nSPS) is 14.4. The van der Waals surface area contributed by atoms with Crippen LogP contribution in [-0.2, 0) is 0 Å². The van der Waals surface area contributed by atoms with Crippen LogP contribution in [0.1, 0.15) is 67.2 Å². The van der Waals surface area contributed by atoms with Gasteiger partial charge in [0, 0.05) is 53.1 Å². The van der Waals surface area contributed by atoms with E-state index in [0.29, 0.717) is 11.3 Å². The average Bonchev–Trinajstić information content (AvgIpc) is 3.92. The van der Waals surface area contributed by atoms with Gasteiger partial charge in [-0.3, -0.25) is 0 Å². The van der Waals surface area contributed by atoms with Crippen molar-refractivity contribution in [1.29, 1.82) is 0 Å². The molecule has 3 aromatic heterocycles. The maximum atomic E-state index is 2.56. The van der Waals surface area contributed by atoms with Gasteiger partial charge in [0.05, 0.1) is 22.1 Å². The van der Waals surface area contributed by atoms with Crippen molar-refractivity contribution in [3.8, 4) is 27.9 Å². The molecule has 1 atom stereocenters. The zero-order valence-corrected chi connectivity index (χ0v) is 37.6. The molecule has 0 aliphatic heterocycles. The second kappa shape index (κ2) is 14.7. The smallest absolute Gasteiger partial charge is 0.0541 e. The first-order valence-electron chi connectivity index (χ1n) is 22.5. The van der Waals surface area contributed by atoms with Gasteiger partial charge in [-0.2, -0.15) is 0 Å². The van der Waals surface area contributed by atoms with Crippen molar-refractivity contribution in [1.82, 2.24) is 9.13 Å². The molecule has 0 saturated carbocycles. The molecule has 3 heterocycles. The van der Waals surface area contributed by atoms with E-state index in [-0.39, 0.29) is 5.41 Å². The third kappa shape index (κ3) is 6.79. The van der Waals surface area contributed by atoms with Crippen molar-refractivity contribution in [3.05, 3.63) is 169 Å². The number of hydrogen-bond donors (Lipinski definition) is 0. The summed E-state index contributed by atoms with van der Waals surface area (Å²) in [7, 11) is 0. The van der Waals surface area contributed by atoms with E-state index in [1.165, 1.54) is 109 Å². The Morgan fingerprint density at radius 3 is 1.61 bits per heavy atom. The summed E-state index contributed by atoms with van der Waals surface area (Å²) < 4.78 is 7.61. The Hall–Kier alpha value is -6.16. The van der Waals surface area contributed by atoms with E-state index >= 15 is 0 Å². The quantitative estimate of drug-likeness (QED) is 0.152. The number of nitrogens with zero attached hydrogens (tertiary/aromatic N) is 2. The number of aromatic nitrogens is 2. The van der Waals surface area contributed by atoms with Crippen LogP contribution in [0, 0.1) is 16.7 Å². The highest BCUT2D eigenvalue weighted by molar-refractivity contribution is 7.25. The highest BCUT2D eigenvalue weighted by atomic mass is 32.1. The van der Waals surface area contributed by atoms with Crippen LogP contribution in [0.3, 0.4) is 0 Å². The van der Waals surface area contributed by atoms with Crippen molar-refractivity contribution in [2.45, 2.75) is 67.2 Å². The fraction of sp³-hybridized carbons (Fsp3) is 0.220. The molecule has 306 valence electrons. The Labute approximate surface area is 369 Å². The number of para-hydroxylation sites is 3. The number of rotatable bonds is 7. The van der Waals surface area contributed by atoms with Crippen molar-refractivity contribution < 1.29 is 0 Å². The maximum absolute atomic E-state index is 2.56. The molecule has 0 bridgehead atoms. The van der Waals surface area contributed by atoms with E-state index in [2.05, 4.69) is 214 Å². The van der Waals surface area contributed by atoms with Crippen LogP contribution >= 0.6 is 11.3 Å². The molecular weight excluding hydrogens is 769 g/mol. The minimum absolute atomic E-state index is 0.255. The third-order valence-corrected chi connectivity index (χ3v) is 14.7. The predicted molar refractivity (Wildman–Crippen MR) is 271 cm³/mol. The van der Waals surface area contributed by atoms with Gasteiger partial charge in [0.15, 0.2) is 0 Å². The molecule has 1 unspecified atom stereocenters. The van der Waals surface area contributed by atoms with Crippen LogP contribution in [0.2, 0.25) is 0 Å². The highest BCUT2D eigenvalue weighted by Crippen LogP contribution is 2.44. The molecule has 1 aliphatic rings. The van der Waals surface area contributed by atoms with Crippen LogP contribution in [0.5, 0.6) is 0 Å². The fourth-order valence-corrected chi connectivity index (χ4v) is 11.5. The summed E-state index contributed by atoms with van der Waals surface area (Å²) in [4.78, 5) is 0. The first-order chi connectivity index (χ1) is 30.0. The molecule has 3 heteroatoms. The molecule has 11 rings (SSSR count). The first-order valence-corrected chi connectivity index (χ1v) is 23.3. The summed E-state index contributed by atoms with van der Waals surface area (Å²) in [5.41, 5.74) is 14.6. The highest BCUT2D eigenvalue weighted by Gasteiger charge is 2.30. The molecule has 0 saturated heterocycles. The van der Waals surface area contributed by atoms with Crippen molar-refractivity contribution in [2.75, 3.05) is 0 Å². The number of allylic oxidation sites excluding steroid dienone is 4. The van der Waals surface area contributed by atoms with Gasteiger partial charge < -0.3 is 9.13 Å². The predicted octanol–water partition coefficient (Wildman–Crippen LogP) is 17.6. The Bertz CT molecular complexity index is 3380. The third-order valence-electron chi connectivity index (χ3n) is 13.5. The summed E-state index contributed by atoms with van der Waals surface area (Å²) in [6, 6.07) is 56.8. The molecule has 0 spiro atoms. The molecule has 7 aromatic carbocycles. The minimum Gasteiger partial charge on any atom is -0.313 e. The van der Waals surface area contributed by atoms with E-state index in [4.69, 9.17) is 0 Å². The maximum Gasteiger partial charge on any atom is 0.0541 e. The van der Waals surface area contributed by atoms with Gasteiger partial charge in [-0.15, -0.1) is 11.3 Å². The largest absolute Gasteiger partial charge is 0.313 e. The van der Waals surface area contributed by atoms with Gasteiger partial charge in [0.1, 0.15) is 0 Å². The summed E-state index contributed by atoms with van der Waals surface area (Å²) in [5.74, 6) is 0.623. The molecule has 0 N–H and O–H groups in total. The van der Waals surface area contributed by atoms with Gasteiger partial charge in [-0.1, -0.05) is 133 Å². The monoisotopic (exact) mass is 822 g/mol. The van der Waals surface area contributed by atoms with E-state index < -0.39 is 0 Å². The van der Waals surface area contributed by atoms with Crippen LogP contribution in [0.4, 0.5) is 0 Å². The number of fused-ring (bicyclic) bond motifs is 9. The van der Waals surface area contributed by atoms with Gasteiger partial charge in [-0.05, 0) is 143 Å². The Morgan fingerprint density at radius 1 is 0.500 bits per heavy atom. The lowest BCUT2D eigenvalue weighted by atomic mass is 9.69. The fourth-order valence-electron chi connectivity index (χ4n) is 10.4. The first kappa shape index (κ1) is 38.7. The van der Waals surface area contributed by atoms with Gasteiger partial charge >= 0.3 is 0 Å². The van der Waals surface area contributed by atoms with Gasteiger partial charge in [0.2, 0.25) is 0 Å². The SMILES string of the molecule is CC(C)(C)CC(CC1=CCCC(n2c3ccccc3c3cc(-c4ccc5sc6ccc(-c7cccc(-n8c9ccccc9c9ccccc98)c7)cc6c5c4)ccc32)=C1)C(C)(C)C. The number of thiophene rings is 1. The minimum atomic E-state index is 0.255. The van der Waals surface area contributed by atoms with Crippen LogP contribution < -0.4 is 0 Å². The number of hydrogen-bond acceptors (Lipinski definition) is 1. The Kier molecular flexibility index (Phi) is 9.21. The summed E-state index contributed by atoms with van der Waals surface area (Å²) in [5, 5.41) is 7.83. The Balaban J connectivity index is 0.961. The van der Waals surface area contributed by atoms with E-state index in [9.17, 15) is 0 Å². The second-order valence-corrected chi connectivity index (χ2v) is 21.1. The zero-order valence-electron chi connectivity index (χ0n) is 36.8. The summed E-state index contributed by atoms with van der Waals surface area (Å²) >= 11 is 1.89. The van der Waals surface area contributed by atoms with Crippen molar-refractivity contribution >= 4 is 80.8 Å². The van der Waals surface area contributed by atoms with Gasteiger partial charge in [-0.25, -0.2) is 0 Å². The standard InChI is InChI=1S/C59H54N2S/c1-58(2,3)37-43(59(4,5)6)31-38-15-13-17-44(32-38)60-54-24-12-9-21-48(54)49-34-40(25-28-55(49)60)42-27-30-57-51(36-42)50-35-41(26-29-56(50)62-57)39-16-14-18-45(33-39)61-52-22-10-7-19-46(52)47-20-8-11-23-53(47)61/h7-12,14-16,18-30,32-36,43H,13,17,31,37H2,1-6H3. The molecule has 10 aromatic rings. The van der Waals surface area contributed by atoms with Crippen LogP contribution in [-0.4, -0.2) is 9.13 Å². The van der Waals surface area contributed by atoms with Crippen LogP contribution in [0.25, 0.3) is 97.4 Å². The van der Waals surface area contributed by atoms with E-state index in [1.54, 1.807) is 0 Å². The molecule has 1 aliphatic carbocycles. The molecular formula is C59H54N2S. The molecule has 0 radical (unpaired) electrons. The topological polar surface area (TPSA) is 9.86 Å². The molecule has 2 nitrogen and oxygen atoms in total. The van der Waals surface area contributed by atoms with Gasteiger partial charge in [0.25, 0.3) is 0 Å². The second-order valence-electron chi connectivity index (χ2n) is 20.0. The van der Waals surface area contributed by atoms with E-state index in [0.717, 1.165) is 19.3 Å². The zero-order chi connectivity index (χ0) is 42.3. The van der Waals surface area contributed by atoms with E-state index in [1.807, 2.05) is 11.3 Å². The van der Waals surface area contributed by atoms with Crippen molar-refractivity contribution in [3.63, 3.8) is 0 Å². The lowest BCUT2D eigenvalue weighted by molar-refractivity contribution is 0.165. The lowest BCUT2D eigenvalue weighted by Crippen LogP contribution is -2.26. The number of benzene rings is 7. The lowest BCUT2D eigenvalue weighted by Gasteiger charge is -2.36. The van der Waals surface area contributed by atoms with Crippen LogP contribution in [0.15, 0.2) is 169 Å². The van der Waals surface area contributed by atoms with Crippen molar-refractivity contribution in [2.24, 2.45) is 16.7 Å².